The number of aliphatic carboxylic acids is 1. The average Bonchev–Trinajstić information content (AvgIpc) is 3.41. The summed E-state index contributed by atoms with van der Waals surface area (Å²) >= 11 is 0. The molecule has 5 rings (SSSR count). The summed E-state index contributed by atoms with van der Waals surface area (Å²) in [5.41, 5.74) is 3.98. The highest BCUT2D eigenvalue weighted by atomic mass is 19.3. The smallest absolute Gasteiger partial charge is 0.303 e. The van der Waals surface area contributed by atoms with Crippen LogP contribution in [0.1, 0.15) is 43.2 Å². The number of alkyl halides is 2. The fourth-order valence-corrected chi connectivity index (χ4v) is 5.98. The van der Waals surface area contributed by atoms with Crippen molar-refractivity contribution >= 4 is 23.0 Å². The maximum atomic E-state index is 13.3. The number of nitriles is 1. The summed E-state index contributed by atoms with van der Waals surface area (Å²) in [7, 11) is 0. The minimum absolute atomic E-state index is 0.0584. The molecule has 0 saturated carbocycles. The number of likely N-dealkylation sites (tertiary alicyclic amines) is 1. The summed E-state index contributed by atoms with van der Waals surface area (Å²) in [6.07, 6.45) is -0.864. The second kappa shape index (κ2) is 7.99. The zero-order valence-electron chi connectivity index (χ0n) is 18.4. The van der Waals surface area contributed by atoms with Crippen molar-refractivity contribution in [3.05, 3.63) is 53.6 Å². The molecule has 3 heterocycles. The molecular formula is C25H26F2N4O2. The minimum atomic E-state index is -2.38. The van der Waals surface area contributed by atoms with Gasteiger partial charge in [0, 0.05) is 31.2 Å². The van der Waals surface area contributed by atoms with Gasteiger partial charge in [0.25, 0.3) is 6.43 Å². The lowest BCUT2D eigenvalue weighted by atomic mass is 9.92. The molecule has 3 aliphatic heterocycles. The highest BCUT2D eigenvalue weighted by Gasteiger charge is 2.62. The number of nitrogens with zero attached hydrogens (tertiary/aromatic N) is 4. The molecule has 8 heteroatoms. The predicted octanol–water partition coefficient (Wildman–Crippen LogP) is 4.53. The van der Waals surface area contributed by atoms with Gasteiger partial charge in [-0.2, -0.15) is 5.26 Å². The second-order valence-electron chi connectivity index (χ2n) is 9.22. The molecule has 172 valence electrons. The van der Waals surface area contributed by atoms with Crippen LogP contribution < -0.4 is 9.80 Å². The third-order valence-electron chi connectivity index (χ3n) is 7.39. The zero-order chi connectivity index (χ0) is 23.3. The molecule has 1 N–H and O–H groups in total. The van der Waals surface area contributed by atoms with E-state index in [-0.39, 0.29) is 24.9 Å². The number of anilines is 3. The van der Waals surface area contributed by atoms with Crippen LogP contribution in [0.3, 0.4) is 0 Å². The summed E-state index contributed by atoms with van der Waals surface area (Å²) in [5, 5.41) is 18.6. The van der Waals surface area contributed by atoms with Gasteiger partial charge in [0.05, 0.1) is 36.0 Å². The molecule has 6 nitrogen and oxygen atoms in total. The zero-order valence-corrected chi connectivity index (χ0v) is 18.4. The van der Waals surface area contributed by atoms with Crippen molar-refractivity contribution in [1.82, 2.24) is 4.90 Å². The molecule has 3 aliphatic rings. The van der Waals surface area contributed by atoms with Crippen LogP contribution in [0.2, 0.25) is 0 Å². The first kappa shape index (κ1) is 21.7. The van der Waals surface area contributed by atoms with Crippen molar-refractivity contribution in [2.45, 2.75) is 50.2 Å². The van der Waals surface area contributed by atoms with Crippen molar-refractivity contribution < 1.29 is 18.7 Å². The SMILES string of the molecule is CCC(CC(=O)O)c1ccc2c(c1)N(c1ccc(C#N)cc1)C13CC(CN21)N(CC(F)F)C3. The minimum Gasteiger partial charge on any atom is -0.481 e. The highest BCUT2D eigenvalue weighted by molar-refractivity contribution is 5.88. The average molecular weight is 453 g/mol. The molecule has 33 heavy (non-hydrogen) atoms. The Morgan fingerprint density at radius 2 is 2.00 bits per heavy atom. The van der Waals surface area contributed by atoms with Crippen molar-refractivity contribution in [2.24, 2.45) is 0 Å². The molecule has 0 aromatic heterocycles. The first-order valence-corrected chi connectivity index (χ1v) is 11.3. The Kier molecular flexibility index (Phi) is 5.25. The lowest BCUT2D eigenvalue weighted by Gasteiger charge is -2.43. The van der Waals surface area contributed by atoms with E-state index >= 15 is 0 Å². The molecular weight excluding hydrogens is 426 g/mol. The number of carboxylic acid groups (broad SMARTS) is 1. The lowest BCUT2D eigenvalue weighted by molar-refractivity contribution is -0.137. The van der Waals surface area contributed by atoms with E-state index in [0.717, 1.165) is 29.0 Å². The van der Waals surface area contributed by atoms with Gasteiger partial charge < -0.3 is 14.9 Å². The van der Waals surface area contributed by atoms with Crippen LogP contribution in [0.25, 0.3) is 0 Å². The van der Waals surface area contributed by atoms with Crippen LogP contribution in [-0.4, -0.2) is 53.7 Å². The Labute approximate surface area is 191 Å². The summed E-state index contributed by atoms with van der Waals surface area (Å²) in [5.74, 6) is -0.929. The molecule has 2 fully saturated rings. The van der Waals surface area contributed by atoms with E-state index in [1.54, 1.807) is 12.1 Å². The van der Waals surface area contributed by atoms with Gasteiger partial charge in [-0.3, -0.25) is 9.69 Å². The first-order chi connectivity index (χ1) is 15.9. The van der Waals surface area contributed by atoms with Gasteiger partial charge in [0.15, 0.2) is 0 Å². The number of carboxylic acids is 1. The Morgan fingerprint density at radius 3 is 2.64 bits per heavy atom. The third-order valence-corrected chi connectivity index (χ3v) is 7.39. The lowest BCUT2D eigenvalue weighted by Crippen LogP contribution is -2.59. The fraction of sp³-hybridized carbons (Fsp3) is 0.440. The maximum Gasteiger partial charge on any atom is 0.303 e. The Morgan fingerprint density at radius 1 is 1.24 bits per heavy atom. The summed E-state index contributed by atoms with van der Waals surface area (Å²) < 4.78 is 26.5. The Hall–Kier alpha value is -3.18. The molecule has 1 spiro atoms. The standard InChI is InChI=1S/C25H26F2N4O2/c1-2-17(10-24(32)33)18-5-8-21-22(9-18)31(19-6-3-16(12-28)4-7-19)25-11-20(13-30(21)25)29(15-25)14-23(26)27/h3-9,17,20,23H,2,10-11,13-15H2,1H3,(H,32,33). The Balaban J connectivity index is 1.60. The summed E-state index contributed by atoms with van der Waals surface area (Å²) in [4.78, 5) is 17.8. The molecule has 0 aliphatic carbocycles. The number of benzene rings is 2. The first-order valence-electron chi connectivity index (χ1n) is 11.3. The van der Waals surface area contributed by atoms with Crippen LogP contribution in [-0.2, 0) is 4.79 Å². The number of fused-ring (bicyclic) bond motifs is 3. The van der Waals surface area contributed by atoms with E-state index in [1.165, 1.54) is 0 Å². The second-order valence-corrected chi connectivity index (χ2v) is 9.22. The van der Waals surface area contributed by atoms with Gasteiger partial charge in [-0.25, -0.2) is 8.78 Å². The number of halogens is 2. The molecule has 0 radical (unpaired) electrons. The van der Waals surface area contributed by atoms with Gasteiger partial charge in [0.1, 0.15) is 5.66 Å². The quantitative estimate of drug-likeness (QED) is 0.666. The third kappa shape index (κ3) is 3.42. The van der Waals surface area contributed by atoms with Crippen LogP contribution in [0.15, 0.2) is 42.5 Å². The Bertz CT molecular complexity index is 1120. The van der Waals surface area contributed by atoms with Crippen molar-refractivity contribution in [3.8, 4) is 6.07 Å². The summed E-state index contributed by atoms with van der Waals surface area (Å²) in [6, 6.07) is 15.7. The van der Waals surface area contributed by atoms with Gasteiger partial charge in [-0.1, -0.05) is 13.0 Å². The fourth-order valence-electron chi connectivity index (χ4n) is 5.98. The van der Waals surface area contributed by atoms with E-state index in [4.69, 9.17) is 0 Å². The normalized spacial score (nSPS) is 24.2. The molecule has 3 unspecified atom stereocenters. The number of rotatable bonds is 7. The summed E-state index contributed by atoms with van der Waals surface area (Å²) in [6.45, 7) is 2.93. The molecule has 2 saturated heterocycles. The van der Waals surface area contributed by atoms with E-state index in [2.05, 4.69) is 28.0 Å². The molecule has 0 amide bonds. The van der Waals surface area contributed by atoms with Gasteiger partial charge >= 0.3 is 5.97 Å². The number of hydrogen-bond donors (Lipinski definition) is 1. The van der Waals surface area contributed by atoms with Gasteiger partial charge in [0.2, 0.25) is 0 Å². The van der Waals surface area contributed by atoms with Crippen LogP contribution in [0.4, 0.5) is 25.8 Å². The van der Waals surface area contributed by atoms with Crippen LogP contribution in [0, 0.1) is 11.3 Å². The molecule has 2 bridgehead atoms. The number of piperazine rings is 1. The van der Waals surface area contributed by atoms with Crippen molar-refractivity contribution in [3.63, 3.8) is 0 Å². The van der Waals surface area contributed by atoms with Crippen LogP contribution >= 0.6 is 0 Å². The van der Waals surface area contributed by atoms with Gasteiger partial charge in [-0.15, -0.1) is 0 Å². The highest BCUT2D eigenvalue weighted by Crippen LogP contribution is 2.58. The molecule has 2 aromatic rings. The molecule has 2 aromatic carbocycles. The van der Waals surface area contributed by atoms with Crippen LogP contribution in [0.5, 0.6) is 0 Å². The van der Waals surface area contributed by atoms with Crippen molar-refractivity contribution in [1.29, 1.82) is 5.26 Å². The van der Waals surface area contributed by atoms with E-state index in [9.17, 15) is 23.9 Å². The number of carbonyl (C=O) groups is 1. The predicted molar refractivity (Wildman–Crippen MR) is 121 cm³/mol. The molecule has 3 atom stereocenters. The number of hydrogen-bond acceptors (Lipinski definition) is 5. The van der Waals surface area contributed by atoms with E-state index < -0.39 is 18.1 Å². The monoisotopic (exact) mass is 452 g/mol. The topological polar surface area (TPSA) is 70.8 Å². The van der Waals surface area contributed by atoms with Crippen molar-refractivity contribution in [2.75, 3.05) is 29.4 Å². The maximum absolute atomic E-state index is 13.3. The largest absolute Gasteiger partial charge is 0.481 e. The van der Waals surface area contributed by atoms with E-state index in [0.29, 0.717) is 25.1 Å². The van der Waals surface area contributed by atoms with Gasteiger partial charge in [-0.05, 0) is 54.3 Å². The van der Waals surface area contributed by atoms with E-state index in [1.807, 2.05) is 30.0 Å².